The highest BCUT2D eigenvalue weighted by Crippen LogP contribution is 2.25. The van der Waals surface area contributed by atoms with E-state index in [9.17, 15) is 4.79 Å². The average Bonchev–Trinajstić information content (AvgIpc) is 3.21. The van der Waals surface area contributed by atoms with Crippen molar-refractivity contribution >= 4 is 5.97 Å². The molecule has 0 aromatic heterocycles. The number of hydrogen-bond donors (Lipinski definition) is 1. The number of carbonyl (C=O) groups excluding carboxylic acids is 1. The average molecular weight is 283 g/mol. The maximum absolute atomic E-state index is 12.2. The molecule has 2 atom stereocenters. The van der Waals surface area contributed by atoms with Gasteiger partial charge in [-0.3, -0.25) is 15.0 Å². The molecule has 2 unspecified atom stereocenters. The minimum Gasteiger partial charge on any atom is -0.468 e. The summed E-state index contributed by atoms with van der Waals surface area (Å²) in [4.78, 5) is 16.9. The first-order valence-electron chi connectivity index (χ1n) is 7.69. The predicted molar refractivity (Wildman–Crippen MR) is 79.7 cm³/mol. The lowest BCUT2D eigenvalue weighted by Crippen LogP contribution is -2.60. The predicted octanol–water partition coefficient (Wildman–Crippen LogP) is 0.696. The number of piperidine rings is 1. The molecule has 0 radical (unpaired) electrons. The van der Waals surface area contributed by atoms with Gasteiger partial charge in [-0.2, -0.15) is 0 Å². The van der Waals surface area contributed by atoms with Crippen LogP contribution in [0.3, 0.4) is 0 Å². The fourth-order valence-corrected chi connectivity index (χ4v) is 3.12. The molecular formula is C15H29N3O2. The summed E-state index contributed by atoms with van der Waals surface area (Å²) in [6.07, 6.45) is 4.79. The maximum Gasteiger partial charge on any atom is 0.327 e. The molecule has 5 nitrogen and oxygen atoms in total. The standard InChI is InChI=1S/C15H29N3O2/c1-15(14(19)20-4,16-12-7-8-12)11-18-9-5-6-13(10-18)17(2)3/h12-13,16H,5-11H2,1-4H3. The van der Waals surface area contributed by atoms with Gasteiger partial charge in [0.05, 0.1) is 7.11 Å². The molecule has 0 bridgehead atoms. The Hall–Kier alpha value is -0.650. The zero-order valence-electron chi connectivity index (χ0n) is 13.3. The van der Waals surface area contributed by atoms with E-state index in [0.29, 0.717) is 12.1 Å². The molecule has 0 aromatic carbocycles. The van der Waals surface area contributed by atoms with Gasteiger partial charge in [-0.05, 0) is 53.2 Å². The lowest BCUT2D eigenvalue weighted by molar-refractivity contribution is -0.149. The normalized spacial score (nSPS) is 27.4. The summed E-state index contributed by atoms with van der Waals surface area (Å²) in [5.41, 5.74) is -0.579. The van der Waals surface area contributed by atoms with E-state index >= 15 is 0 Å². The van der Waals surface area contributed by atoms with E-state index in [1.807, 2.05) is 6.92 Å². The Balaban J connectivity index is 1.97. The third kappa shape index (κ3) is 3.93. The van der Waals surface area contributed by atoms with Crippen LogP contribution in [0.5, 0.6) is 0 Å². The number of likely N-dealkylation sites (N-methyl/N-ethyl adjacent to an activating group) is 1. The van der Waals surface area contributed by atoms with Crippen molar-refractivity contribution in [1.29, 1.82) is 0 Å². The van der Waals surface area contributed by atoms with Crippen LogP contribution in [-0.4, -0.2) is 74.2 Å². The number of rotatable bonds is 6. The van der Waals surface area contributed by atoms with Crippen LogP contribution in [0, 0.1) is 0 Å². The van der Waals surface area contributed by atoms with Gasteiger partial charge in [0.15, 0.2) is 0 Å². The van der Waals surface area contributed by atoms with Crippen molar-refractivity contribution in [2.45, 2.75) is 50.2 Å². The number of methoxy groups -OCH3 is 1. The molecule has 20 heavy (non-hydrogen) atoms. The first kappa shape index (κ1) is 15.7. The first-order valence-corrected chi connectivity index (χ1v) is 7.69. The minimum absolute atomic E-state index is 0.142. The maximum atomic E-state index is 12.2. The zero-order valence-corrected chi connectivity index (χ0v) is 13.3. The number of nitrogens with one attached hydrogen (secondary N) is 1. The molecule has 2 fully saturated rings. The van der Waals surface area contributed by atoms with Crippen LogP contribution < -0.4 is 5.32 Å². The number of likely N-dealkylation sites (tertiary alicyclic amines) is 1. The molecule has 0 aromatic rings. The van der Waals surface area contributed by atoms with Crippen LogP contribution in [0.25, 0.3) is 0 Å². The van der Waals surface area contributed by atoms with E-state index in [2.05, 4.69) is 29.2 Å². The number of hydrogen-bond acceptors (Lipinski definition) is 5. The minimum atomic E-state index is -0.579. The van der Waals surface area contributed by atoms with Gasteiger partial charge in [0.25, 0.3) is 0 Å². The van der Waals surface area contributed by atoms with E-state index in [0.717, 1.165) is 19.6 Å². The summed E-state index contributed by atoms with van der Waals surface area (Å²) in [6, 6.07) is 1.08. The van der Waals surface area contributed by atoms with Gasteiger partial charge in [-0.15, -0.1) is 0 Å². The number of carbonyl (C=O) groups is 1. The van der Waals surface area contributed by atoms with Crippen molar-refractivity contribution in [3.63, 3.8) is 0 Å². The van der Waals surface area contributed by atoms with E-state index in [4.69, 9.17) is 4.74 Å². The molecule has 1 saturated carbocycles. The Morgan fingerprint density at radius 1 is 1.40 bits per heavy atom. The van der Waals surface area contributed by atoms with E-state index in [-0.39, 0.29) is 5.97 Å². The third-order valence-corrected chi connectivity index (χ3v) is 4.49. The van der Waals surface area contributed by atoms with E-state index in [1.54, 1.807) is 0 Å². The van der Waals surface area contributed by atoms with E-state index < -0.39 is 5.54 Å². The Morgan fingerprint density at radius 3 is 2.65 bits per heavy atom. The number of esters is 1. The summed E-state index contributed by atoms with van der Waals surface area (Å²) in [6.45, 7) is 4.83. The van der Waals surface area contributed by atoms with Crippen LogP contribution >= 0.6 is 0 Å². The van der Waals surface area contributed by atoms with Crippen molar-refractivity contribution in [3.8, 4) is 0 Å². The molecule has 116 valence electrons. The largest absolute Gasteiger partial charge is 0.468 e. The lowest BCUT2D eigenvalue weighted by atomic mass is 9.98. The molecule has 5 heteroatoms. The fourth-order valence-electron chi connectivity index (χ4n) is 3.12. The summed E-state index contributed by atoms with van der Waals surface area (Å²) >= 11 is 0. The summed E-state index contributed by atoms with van der Waals surface area (Å²) in [7, 11) is 5.75. The first-order chi connectivity index (χ1) is 9.44. The van der Waals surface area contributed by atoms with Gasteiger partial charge in [-0.1, -0.05) is 0 Å². The van der Waals surface area contributed by atoms with Gasteiger partial charge in [0, 0.05) is 25.2 Å². The Kier molecular flexibility index (Phi) is 5.04. The van der Waals surface area contributed by atoms with Crippen LogP contribution in [-0.2, 0) is 9.53 Å². The van der Waals surface area contributed by atoms with Gasteiger partial charge < -0.3 is 9.64 Å². The molecule has 1 heterocycles. The molecule has 1 N–H and O–H groups in total. The molecule has 0 amide bonds. The van der Waals surface area contributed by atoms with Crippen LogP contribution in [0.4, 0.5) is 0 Å². The Bertz CT molecular complexity index is 344. The lowest BCUT2D eigenvalue weighted by Gasteiger charge is -2.40. The highest BCUT2D eigenvalue weighted by atomic mass is 16.5. The second-order valence-electron chi connectivity index (χ2n) is 6.74. The smallest absolute Gasteiger partial charge is 0.327 e. The second kappa shape index (κ2) is 6.41. The highest BCUT2D eigenvalue weighted by Gasteiger charge is 2.41. The van der Waals surface area contributed by atoms with Crippen molar-refractivity contribution in [2.75, 3.05) is 40.8 Å². The molecule has 1 saturated heterocycles. The molecular weight excluding hydrogens is 254 g/mol. The van der Waals surface area contributed by atoms with Crippen molar-refractivity contribution in [1.82, 2.24) is 15.1 Å². The molecule has 1 aliphatic heterocycles. The second-order valence-corrected chi connectivity index (χ2v) is 6.74. The quantitative estimate of drug-likeness (QED) is 0.727. The van der Waals surface area contributed by atoms with Crippen molar-refractivity contribution in [3.05, 3.63) is 0 Å². The molecule has 2 rings (SSSR count). The fraction of sp³-hybridized carbons (Fsp3) is 0.933. The topological polar surface area (TPSA) is 44.8 Å². The Morgan fingerprint density at radius 2 is 2.10 bits per heavy atom. The van der Waals surface area contributed by atoms with Crippen LogP contribution in [0.2, 0.25) is 0 Å². The summed E-state index contributed by atoms with van der Waals surface area (Å²) in [5, 5.41) is 3.48. The van der Waals surface area contributed by atoms with Crippen LogP contribution in [0.15, 0.2) is 0 Å². The number of ether oxygens (including phenoxy) is 1. The van der Waals surface area contributed by atoms with Gasteiger partial charge in [0.2, 0.25) is 0 Å². The van der Waals surface area contributed by atoms with Gasteiger partial charge >= 0.3 is 5.97 Å². The van der Waals surface area contributed by atoms with E-state index in [1.165, 1.54) is 32.8 Å². The Labute approximate surface area is 122 Å². The number of nitrogens with zero attached hydrogens (tertiary/aromatic N) is 2. The van der Waals surface area contributed by atoms with Gasteiger partial charge in [-0.25, -0.2) is 0 Å². The monoisotopic (exact) mass is 283 g/mol. The van der Waals surface area contributed by atoms with Gasteiger partial charge in [0.1, 0.15) is 5.54 Å². The van der Waals surface area contributed by atoms with Crippen molar-refractivity contribution < 1.29 is 9.53 Å². The summed E-state index contributed by atoms with van der Waals surface area (Å²) in [5.74, 6) is -0.142. The summed E-state index contributed by atoms with van der Waals surface area (Å²) < 4.78 is 5.02. The van der Waals surface area contributed by atoms with Crippen molar-refractivity contribution in [2.24, 2.45) is 0 Å². The molecule has 1 aliphatic carbocycles. The molecule has 2 aliphatic rings. The molecule has 0 spiro atoms. The third-order valence-electron chi connectivity index (χ3n) is 4.49. The SMILES string of the molecule is COC(=O)C(C)(CN1CCCC(N(C)C)C1)NC1CC1. The van der Waals surface area contributed by atoms with Crippen LogP contribution in [0.1, 0.15) is 32.6 Å². The zero-order chi connectivity index (χ0) is 14.8. The highest BCUT2D eigenvalue weighted by molar-refractivity contribution is 5.80.